The molecule has 0 aromatic carbocycles. The summed E-state index contributed by atoms with van der Waals surface area (Å²) in [6.07, 6.45) is 3.40. The van der Waals surface area contributed by atoms with Crippen LogP contribution < -0.4 is 5.32 Å². The second-order valence-electron chi connectivity index (χ2n) is 3.78. The summed E-state index contributed by atoms with van der Waals surface area (Å²) in [6.45, 7) is 3.81. The first-order valence-corrected chi connectivity index (χ1v) is 5.26. The van der Waals surface area contributed by atoms with E-state index in [9.17, 15) is 0 Å². The fourth-order valence-corrected chi connectivity index (χ4v) is 1.47. The first-order valence-electron chi connectivity index (χ1n) is 5.26. The molecule has 0 radical (unpaired) electrons. The molecular formula is C13H12N4. The van der Waals surface area contributed by atoms with Crippen molar-refractivity contribution in [3.8, 4) is 6.07 Å². The molecule has 0 spiro atoms. The van der Waals surface area contributed by atoms with Gasteiger partial charge in [0.2, 0.25) is 0 Å². The van der Waals surface area contributed by atoms with E-state index in [1.54, 1.807) is 12.4 Å². The van der Waals surface area contributed by atoms with Gasteiger partial charge in [0.1, 0.15) is 11.9 Å². The van der Waals surface area contributed by atoms with Crippen LogP contribution in [0, 0.1) is 25.2 Å². The Hall–Kier alpha value is -2.41. The average Bonchev–Trinajstić information content (AvgIpc) is 2.32. The highest BCUT2D eigenvalue weighted by Gasteiger charge is 2.06. The second kappa shape index (κ2) is 4.62. The van der Waals surface area contributed by atoms with Crippen LogP contribution in [-0.4, -0.2) is 9.97 Å². The molecule has 0 bridgehead atoms. The molecular weight excluding hydrogens is 212 g/mol. The monoisotopic (exact) mass is 224 g/mol. The molecule has 0 aliphatic carbocycles. The fraction of sp³-hybridized carbons (Fsp3) is 0.154. The maximum Gasteiger partial charge on any atom is 0.148 e. The normalized spacial score (nSPS) is 9.71. The Morgan fingerprint density at radius 1 is 1.18 bits per heavy atom. The van der Waals surface area contributed by atoms with Crippen LogP contribution in [-0.2, 0) is 0 Å². The van der Waals surface area contributed by atoms with Crippen LogP contribution in [0.25, 0.3) is 0 Å². The van der Waals surface area contributed by atoms with Gasteiger partial charge in [-0.05, 0) is 37.6 Å². The SMILES string of the molecule is Cc1ccc(Nc2nccc(C)c2C#N)cn1. The van der Waals surface area contributed by atoms with E-state index in [1.165, 1.54) is 0 Å². The van der Waals surface area contributed by atoms with Crippen LogP contribution in [0.1, 0.15) is 16.8 Å². The van der Waals surface area contributed by atoms with Gasteiger partial charge in [0.05, 0.1) is 17.4 Å². The molecule has 2 aromatic heterocycles. The predicted molar refractivity (Wildman–Crippen MR) is 65.9 cm³/mol. The highest BCUT2D eigenvalue weighted by atomic mass is 15.0. The molecule has 1 N–H and O–H groups in total. The molecule has 4 nitrogen and oxygen atoms in total. The van der Waals surface area contributed by atoms with Crippen molar-refractivity contribution in [2.75, 3.05) is 5.32 Å². The van der Waals surface area contributed by atoms with Crippen LogP contribution >= 0.6 is 0 Å². The number of nitrogens with zero attached hydrogens (tertiary/aromatic N) is 3. The third-order valence-corrected chi connectivity index (χ3v) is 2.45. The van der Waals surface area contributed by atoms with E-state index in [0.717, 1.165) is 16.9 Å². The molecule has 0 atom stereocenters. The van der Waals surface area contributed by atoms with Crippen LogP contribution in [0.2, 0.25) is 0 Å². The Bertz CT molecular complexity index is 567. The van der Waals surface area contributed by atoms with Gasteiger partial charge in [-0.2, -0.15) is 5.26 Å². The number of anilines is 2. The number of aromatic nitrogens is 2. The summed E-state index contributed by atoms with van der Waals surface area (Å²) in [6, 6.07) is 7.78. The van der Waals surface area contributed by atoms with Crippen LogP contribution in [0.15, 0.2) is 30.6 Å². The molecule has 2 aromatic rings. The summed E-state index contributed by atoms with van der Waals surface area (Å²) in [5, 5.41) is 12.2. The van der Waals surface area contributed by atoms with Gasteiger partial charge in [-0.3, -0.25) is 4.98 Å². The fourth-order valence-electron chi connectivity index (χ4n) is 1.47. The minimum atomic E-state index is 0.563. The van der Waals surface area contributed by atoms with Crippen LogP contribution in [0.4, 0.5) is 11.5 Å². The minimum Gasteiger partial charge on any atom is -0.338 e. The molecule has 0 aliphatic rings. The molecule has 0 fully saturated rings. The maximum atomic E-state index is 9.08. The summed E-state index contributed by atoms with van der Waals surface area (Å²) in [5.41, 5.74) is 3.25. The Morgan fingerprint density at radius 3 is 2.65 bits per heavy atom. The smallest absolute Gasteiger partial charge is 0.148 e. The van der Waals surface area contributed by atoms with Gasteiger partial charge in [-0.1, -0.05) is 0 Å². The average molecular weight is 224 g/mol. The van der Waals surface area contributed by atoms with Crippen molar-refractivity contribution in [3.63, 3.8) is 0 Å². The third-order valence-electron chi connectivity index (χ3n) is 2.45. The molecule has 84 valence electrons. The van der Waals surface area contributed by atoms with Crippen molar-refractivity contribution >= 4 is 11.5 Å². The molecule has 17 heavy (non-hydrogen) atoms. The van der Waals surface area contributed by atoms with Gasteiger partial charge in [-0.25, -0.2) is 4.98 Å². The van der Waals surface area contributed by atoms with Crippen molar-refractivity contribution in [1.29, 1.82) is 5.26 Å². The first-order chi connectivity index (χ1) is 8.20. The van der Waals surface area contributed by atoms with Gasteiger partial charge < -0.3 is 5.32 Å². The molecule has 0 saturated carbocycles. The lowest BCUT2D eigenvalue weighted by Gasteiger charge is -2.08. The van der Waals surface area contributed by atoms with Crippen LogP contribution in [0.3, 0.4) is 0 Å². The Kier molecular flexibility index (Phi) is 3.01. The largest absolute Gasteiger partial charge is 0.338 e. The summed E-state index contributed by atoms with van der Waals surface area (Å²) < 4.78 is 0. The Morgan fingerprint density at radius 2 is 2.00 bits per heavy atom. The number of aryl methyl sites for hydroxylation is 2. The lowest BCUT2D eigenvalue weighted by Crippen LogP contribution is -1.99. The zero-order valence-electron chi connectivity index (χ0n) is 9.73. The second-order valence-corrected chi connectivity index (χ2v) is 3.78. The van der Waals surface area contributed by atoms with Gasteiger partial charge in [0.25, 0.3) is 0 Å². The molecule has 0 saturated heterocycles. The van der Waals surface area contributed by atoms with Crippen molar-refractivity contribution in [2.24, 2.45) is 0 Å². The highest BCUT2D eigenvalue weighted by molar-refractivity contribution is 5.63. The first kappa shape index (κ1) is 11.1. The summed E-state index contributed by atoms with van der Waals surface area (Å²) in [7, 11) is 0. The molecule has 2 rings (SSSR count). The van der Waals surface area contributed by atoms with Gasteiger partial charge >= 0.3 is 0 Å². The summed E-state index contributed by atoms with van der Waals surface area (Å²) in [4.78, 5) is 8.35. The zero-order valence-corrected chi connectivity index (χ0v) is 9.73. The minimum absolute atomic E-state index is 0.563. The summed E-state index contributed by atoms with van der Waals surface area (Å²) in [5.74, 6) is 0.568. The van der Waals surface area contributed by atoms with Crippen LogP contribution in [0.5, 0.6) is 0 Å². The number of hydrogen-bond donors (Lipinski definition) is 1. The predicted octanol–water partition coefficient (Wildman–Crippen LogP) is 2.71. The highest BCUT2D eigenvalue weighted by Crippen LogP contribution is 2.19. The third kappa shape index (κ3) is 2.40. The Balaban J connectivity index is 2.34. The molecule has 0 amide bonds. The number of nitriles is 1. The number of hydrogen-bond acceptors (Lipinski definition) is 4. The van der Waals surface area contributed by atoms with Crippen molar-refractivity contribution < 1.29 is 0 Å². The van der Waals surface area contributed by atoms with E-state index in [4.69, 9.17) is 5.26 Å². The van der Waals surface area contributed by atoms with E-state index in [0.29, 0.717) is 11.4 Å². The van der Waals surface area contributed by atoms with Crippen molar-refractivity contribution in [1.82, 2.24) is 9.97 Å². The maximum absolute atomic E-state index is 9.08. The van der Waals surface area contributed by atoms with E-state index in [-0.39, 0.29) is 0 Å². The quantitative estimate of drug-likeness (QED) is 0.851. The topological polar surface area (TPSA) is 61.6 Å². The summed E-state index contributed by atoms with van der Waals surface area (Å²) >= 11 is 0. The van der Waals surface area contributed by atoms with Gasteiger partial charge in [0, 0.05) is 11.9 Å². The van der Waals surface area contributed by atoms with E-state index in [1.807, 2.05) is 32.0 Å². The molecule has 0 aliphatic heterocycles. The lowest BCUT2D eigenvalue weighted by atomic mass is 10.1. The number of pyridine rings is 2. The van der Waals surface area contributed by atoms with E-state index >= 15 is 0 Å². The number of nitrogens with one attached hydrogen (secondary N) is 1. The molecule has 4 heteroatoms. The van der Waals surface area contributed by atoms with E-state index in [2.05, 4.69) is 21.4 Å². The number of rotatable bonds is 2. The lowest BCUT2D eigenvalue weighted by molar-refractivity contribution is 1.19. The van der Waals surface area contributed by atoms with E-state index < -0.39 is 0 Å². The Labute approximate surface area is 100.0 Å². The standard InChI is InChI=1S/C13H12N4/c1-9-5-6-15-13(12(9)7-14)17-11-4-3-10(2)16-8-11/h3-6,8H,1-2H3,(H,15,17). The molecule has 2 heterocycles. The van der Waals surface area contributed by atoms with Crippen molar-refractivity contribution in [3.05, 3.63) is 47.4 Å². The van der Waals surface area contributed by atoms with Gasteiger partial charge in [-0.15, -0.1) is 0 Å². The van der Waals surface area contributed by atoms with Gasteiger partial charge in [0.15, 0.2) is 0 Å². The van der Waals surface area contributed by atoms with Crippen molar-refractivity contribution in [2.45, 2.75) is 13.8 Å². The molecule has 0 unspecified atom stereocenters. The zero-order chi connectivity index (χ0) is 12.3.